The second-order valence-corrected chi connectivity index (χ2v) is 8.84. The highest BCUT2D eigenvalue weighted by molar-refractivity contribution is 5.80. The normalized spacial score (nSPS) is 12.8. The van der Waals surface area contributed by atoms with Crippen LogP contribution in [0, 0.1) is 11.8 Å². The number of carbonyl (C=O) groups is 2. The Labute approximate surface area is 149 Å². The molecule has 24 heavy (non-hydrogen) atoms. The molecule has 1 amide bonds. The van der Waals surface area contributed by atoms with Crippen LogP contribution in [0.25, 0.3) is 0 Å². The number of ketones is 1. The summed E-state index contributed by atoms with van der Waals surface area (Å²) in [5.41, 5.74) is -0.597. The predicted molar refractivity (Wildman–Crippen MR) is 100 cm³/mol. The molecule has 142 valence electrons. The summed E-state index contributed by atoms with van der Waals surface area (Å²) in [5.74, 6) is 1.01. The molecular formula is C20H39NO3. The van der Waals surface area contributed by atoms with Crippen LogP contribution in [-0.4, -0.2) is 29.4 Å². The highest BCUT2D eigenvalue weighted by atomic mass is 16.5. The summed E-state index contributed by atoms with van der Waals surface area (Å²) in [5, 5.41) is 3.09. The van der Waals surface area contributed by atoms with E-state index in [2.05, 4.69) is 19.2 Å². The lowest BCUT2D eigenvalue weighted by Crippen LogP contribution is -2.44. The first kappa shape index (κ1) is 23.1. The zero-order chi connectivity index (χ0) is 19.0. The summed E-state index contributed by atoms with van der Waals surface area (Å²) in [7, 11) is 0. The Hall–Kier alpha value is -0.900. The zero-order valence-electron chi connectivity index (χ0n) is 17.1. The second-order valence-electron chi connectivity index (χ2n) is 8.84. The SMILES string of the molecule is CC(C)CCC(=O)NC(C)(C)CCOC(C)(C)CCC(=O)C(C)C. The van der Waals surface area contributed by atoms with Crippen molar-refractivity contribution in [1.29, 1.82) is 0 Å². The fourth-order valence-electron chi connectivity index (χ4n) is 2.29. The maximum absolute atomic E-state index is 12.0. The van der Waals surface area contributed by atoms with Gasteiger partial charge in [0.2, 0.25) is 5.91 Å². The molecule has 4 heteroatoms. The van der Waals surface area contributed by atoms with Crippen molar-refractivity contribution < 1.29 is 14.3 Å². The number of hydrogen-bond donors (Lipinski definition) is 1. The van der Waals surface area contributed by atoms with Crippen LogP contribution in [0.2, 0.25) is 0 Å². The maximum atomic E-state index is 12.0. The van der Waals surface area contributed by atoms with Gasteiger partial charge in [-0.2, -0.15) is 0 Å². The van der Waals surface area contributed by atoms with Gasteiger partial charge in [0, 0.05) is 30.9 Å². The molecule has 0 heterocycles. The van der Waals surface area contributed by atoms with Gasteiger partial charge in [-0.1, -0.05) is 27.7 Å². The highest BCUT2D eigenvalue weighted by Gasteiger charge is 2.24. The van der Waals surface area contributed by atoms with Crippen LogP contribution in [0.1, 0.15) is 87.5 Å². The number of carbonyl (C=O) groups excluding carboxylic acids is 2. The van der Waals surface area contributed by atoms with Crippen molar-refractivity contribution in [3.8, 4) is 0 Å². The first-order valence-corrected chi connectivity index (χ1v) is 9.32. The molecule has 0 bridgehead atoms. The van der Waals surface area contributed by atoms with E-state index in [4.69, 9.17) is 4.74 Å². The van der Waals surface area contributed by atoms with Crippen LogP contribution in [0.4, 0.5) is 0 Å². The fraction of sp³-hybridized carbons (Fsp3) is 0.900. The van der Waals surface area contributed by atoms with Crippen molar-refractivity contribution in [2.75, 3.05) is 6.61 Å². The van der Waals surface area contributed by atoms with Crippen LogP contribution in [0.3, 0.4) is 0 Å². The molecule has 0 aromatic heterocycles. The molecule has 0 atom stereocenters. The standard InChI is InChI=1S/C20H39NO3/c1-15(2)9-10-18(23)21-19(5,6)13-14-24-20(7,8)12-11-17(22)16(3)4/h15-16H,9-14H2,1-8H3,(H,21,23). The van der Waals surface area contributed by atoms with Crippen molar-refractivity contribution >= 4 is 11.7 Å². The number of hydrogen-bond acceptors (Lipinski definition) is 3. The van der Waals surface area contributed by atoms with E-state index in [1.165, 1.54) is 0 Å². The van der Waals surface area contributed by atoms with E-state index in [1.807, 2.05) is 41.5 Å². The Balaban J connectivity index is 4.17. The van der Waals surface area contributed by atoms with Gasteiger partial charge in [0.05, 0.1) is 5.60 Å². The molecule has 0 unspecified atom stereocenters. The van der Waals surface area contributed by atoms with Crippen molar-refractivity contribution in [2.45, 2.75) is 98.6 Å². The van der Waals surface area contributed by atoms with E-state index in [9.17, 15) is 9.59 Å². The topological polar surface area (TPSA) is 55.4 Å². The van der Waals surface area contributed by atoms with Crippen molar-refractivity contribution in [3.05, 3.63) is 0 Å². The molecule has 0 spiro atoms. The predicted octanol–water partition coefficient (Wildman–Crippen LogP) is 4.51. The minimum Gasteiger partial charge on any atom is -0.375 e. The summed E-state index contributed by atoms with van der Waals surface area (Å²) >= 11 is 0. The van der Waals surface area contributed by atoms with Crippen LogP contribution in [-0.2, 0) is 14.3 Å². The summed E-state index contributed by atoms with van der Waals surface area (Å²) in [4.78, 5) is 23.7. The third-order valence-electron chi connectivity index (χ3n) is 4.26. The molecular weight excluding hydrogens is 302 g/mol. The Morgan fingerprint density at radius 3 is 2.04 bits per heavy atom. The average molecular weight is 342 g/mol. The minimum atomic E-state index is -0.317. The Kier molecular flexibility index (Phi) is 9.79. The summed E-state index contributed by atoms with van der Waals surface area (Å²) in [6.07, 6.45) is 3.52. The average Bonchev–Trinajstić information content (AvgIpc) is 2.41. The first-order chi connectivity index (χ1) is 10.8. The van der Waals surface area contributed by atoms with Gasteiger partial charge in [0.15, 0.2) is 0 Å². The van der Waals surface area contributed by atoms with E-state index in [1.54, 1.807) is 0 Å². The minimum absolute atomic E-state index is 0.0841. The maximum Gasteiger partial charge on any atom is 0.220 e. The molecule has 0 aliphatic rings. The second kappa shape index (κ2) is 10.2. The molecule has 0 rings (SSSR count). The molecule has 0 aromatic carbocycles. The fourth-order valence-corrected chi connectivity index (χ4v) is 2.29. The van der Waals surface area contributed by atoms with E-state index < -0.39 is 0 Å². The van der Waals surface area contributed by atoms with Gasteiger partial charge in [-0.15, -0.1) is 0 Å². The molecule has 0 saturated carbocycles. The van der Waals surface area contributed by atoms with Crippen LogP contribution in [0.5, 0.6) is 0 Å². The van der Waals surface area contributed by atoms with Gasteiger partial charge in [-0.05, 0) is 52.9 Å². The van der Waals surface area contributed by atoms with Crippen LogP contribution < -0.4 is 5.32 Å². The molecule has 0 aliphatic heterocycles. The lowest BCUT2D eigenvalue weighted by molar-refractivity contribution is -0.125. The van der Waals surface area contributed by atoms with Gasteiger partial charge in [0.1, 0.15) is 5.78 Å². The number of ether oxygens (including phenoxy) is 1. The van der Waals surface area contributed by atoms with Crippen molar-refractivity contribution in [1.82, 2.24) is 5.32 Å². The van der Waals surface area contributed by atoms with Crippen molar-refractivity contribution in [3.63, 3.8) is 0 Å². The number of rotatable bonds is 12. The smallest absolute Gasteiger partial charge is 0.220 e. The van der Waals surface area contributed by atoms with Gasteiger partial charge in [-0.3, -0.25) is 9.59 Å². The summed E-state index contributed by atoms with van der Waals surface area (Å²) in [6.45, 7) is 16.8. The quantitative estimate of drug-likeness (QED) is 0.568. The Morgan fingerprint density at radius 1 is 0.958 bits per heavy atom. The lowest BCUT2D eigenvalue weighted by Gasteiger charge is -2.30. The Morgan fingerprint density at radius 2 is 1.54 bits per heavy atom. The van der Waals surface area contributed by atoms with E-state index in [0.717, 1.165) is 19.3 Å². The number of nitrogens with one attached hydrogen (secondary N) is 1. The van der Waals surface area contributed by atoms with Gasteiger partial charge < -0.3 is 10.1 Å². The van der Waals surface area contributed by atoms with Crippen molar-refractivity contribution in [2.24, 2.45) is 11.8 Å². The largest absolute Gasteiger partial charge is 0.375 e. The van der Waals surface area contributed by atoms with Crippen LogP contribution >= 0.6 is 0 Å². The number of amides is 1. The molecule has 0 aromatic rings. The van der Waals surface area contributed by atoms with Crippen LogP contribution in [0.15, 0.2) is 0 Å². The monoisotopic (exact) mass is 341 g/mol. The third kappa shape index (κ3) is 11.6. The molecule has 0 radical (unpaired) electrons. The van der Waals surface area contributed by atoms with Gasteiger partial charge in [0.25, 0.3) is 0 Å². The molecule has 0 fully saturated rings. The van der Waals surface area contributed by atoms with E-state index >= 15 is 0 Å². The molecule has 1 N–H and O–H groups in total. The van der Waals surface area contributed by atoms with Gasteiger partial charge in [-0.25, -0.2) is 0 Å². The van der Waals surface area contributed by atoms with Gasteiger partial charge >= 0.3 is 0 Å². The Bertz CT molecular complexity index is 398. The number of Topliss-reactive ketones (excluding diaryl/α,β-unsaturated/α-hetero) is 1. The summed E-state index contributed by atoms with van der Waals surface area (Å²) in [6, 6.07) is 0. The van der Waals surface area contributed by atoms with E-state index in [0.29, 0.717) is 25.4 Å². The zero-order valence-corrected chi connectivity index (χ0v) is 17.1. The third-order valence-corrected chi connectivity index (χ3v) is 4.26. The lowest BCUT2D eigenvalue weighted by atomic mass is 9.96. The molecule has 4 nitrogen and oxygen atoms in total. The molecule has 0 aliphatic carbocycles. The highest BCUT2D eigenvalue weighted by Crippen LogP contribution is 2.20. The van der Waals surface area contributed by atoms with E-state index in [-0.39, 0.29) is 28.7 Å². The first-order valence-electron chi connectivity index (χ1n) is 9.32. The summed E-state index contributed by atoms with van der Waals surface area (Å²) < 4.78 is 5.97. The molecule has 0 saturated heterocycles.